The van der Waals surface area contributed by atoms with E-state index in [1.807, 2.05) is 0 Å². The van der Waals surface area contributed by atoms with Gasteiger partial charge in [-0.05, 0) is 0 Å². The van der Waals surface area contributed by atoms with E-state index >= 15 is 0 Å². The van der Waals surface area contributed by atoms with Crippen LogP contribution in [0.5, 0.6) is 0 Å². The van der Waals surface area contributed by atoms with Crippen LogP contribution in [-0.2, 0) is 47.3 Å². The van der Waals surface area contributed by atoms with Crippen LogP contribution < -0.4 is 0 Å². The maximum Gasteiger partial charge on any atom is 0.466 e. The summed E-state index contributed by atoms with van der Waals surface area (Å²) in [7, 11) is -4.64. The molecule has 3 N–H and O–H groups in total. The van der Waals surface area contributed by atoms with Crippen LogP contribution >= 0.6 is 7.82 Å². The van der Waals surface area contributed by atoms with E-state index in [0.717, 1.165) is 0 Å². The van der Waals surface area contributed by atoms with Crippen molar-refractivity contribution >= 4 is 7.82 Å². The van der Waals surface area contributed by atoms with E-state index in [2.05, 4.69) is 0 Å². The Morgan fingerprint density at radius 2 is 1.14 bits per heavy atom. The molecule has 46 valence electrons. The summed E-state index contributed by atoms with van der Waals surface area (Å²) in [5, 5.41) is 0. The Morgan fingerprint density at radius 1 is 1.14 bits per heavy atom. The first-order valence-electron chi connectivity index (χ1n) is 0.783. The molecule has 0 aromatic carbocycles. The molecule has 0 aliphatic heterocycles. The summed E-state index contributed by atoms with van der Waals surface area (Å²) in [6.07, 6.45) is 0. The van der Waals surface area contributed by atoms with Crippen LogP contribution in [0.3, 0.4) is 0 Å². The quantitative estimate of drug-likeness (QED) is 0.382. The van der Waals surface area contributed by atoms with Gasteiger partial charge in [0, 0.05) is 42.7 Å². The van der Waals surface area contributed by atoms with Gasteiger partial charge in [-0.25, -0.2) is 4.57 Å². The molecule has 0 rings (SSSR count). The van der Waals surface area contributed by atoms with Gasteiger partial charge in [-0.1, -0.05) is 0 Å². The van der Waals surface area contributed by atoms with Crippen LogP contribution in [-0.4, -0.2) is 14.7 Å². The molecule has 0 aliphatic rings. The molecule has 0 unspecified atom stereocenters. The maximum atomic E-state index is 8.88. The zero-order valence-corrected chi connectivity index (χ0v) is 7.35. The molecule has 0 heterocycles. The van der Waals surface area contributed by atoms with Crippen molar-refractivity contribution < 1.29 is 61.9 Å². The average Bonchev–Trinajstić information content (AvgIpc) is 0.722. The third kappa shape index (κ3) is 102. The van der Waals surface area contributed by atoms with Gasteiger partial charge in [0.05, 0.1) is 0 Å². The average molecular weight is 248 g/mol. The van der Waals surface area contributed by atoms with Crippen molar-refractivity contribution in [3.8, 4) is 0 Å². The Bertz CT molecular complexity index is 57.8. The summed E-state index contributed by atoms with van der Waals surface area (Å²) in [6, 6.07) is 0. The van der Waals surface area contributed by atoms with Crippen LogP contribution in [0.4, 0.5) is 0 Å². The number of hydrogen-bond acceptors (Lipinski definition) is 1. The zero-order chi connectivity index (χ0) is 4.50. The summed E-state index contributed by atoms with van der Waals surface area (Å²) in [5.74, 6) is 0. The van der Waals surface area contributed by atoms with E-state index < -0.39 is 7.82 Å². The van der Waals surface area contributed by atoms with Gasteiger partial charge in [0.25, 0.3) is 0 Å². The SMILES string of the molecule is O=P(O)(O)O.[Ni].[Zr]. The minimum absolute atomic E-state index is 0. The van der Waals surface area contributed by atoms with Crippen molar-refractivity contribution in [3.63, 3.8) is 0 Å². The molecule has 0 amide bonds. The van der Waals surface area contributed by atoms with Crippen molar-refractivity contribution in [2.24, 2.45) is 0 Å². The fourth-order valence-electron chi connectivity index (χ4n) is 0. The zero-order valence-electron chi connectivity index (χ0n) is 3.01. The molecule has 0 aromatic heterocycles. The van der Waals surface area contributed by atoms with Gasteiger partial charge in [-0.15, -0.1) is 0 Å². The van der Waals surface area contributed by atoms with Gasteiger partial charge < -0.3 is 14.7 Å². The fraction of sp³-hybridized carbons (Fsp3) is 0. The minimum Gasteiger partial charge on any atom is -0.303 e. The first-order valence-corrected chi connectivity index (χ1v) is 2.35. The van der Waals surface area contributed by atoms with E-state index in [9.17, 15) is 0 Å². The molecule has 0 aromatic rings. The van der Waals surface area contributed by atoms with Gasteiger partial charge in [-0.2, -0.15) is 0 Å². The fourth-order valence-corrected chi connectivity index (χ4v) is 0. The predicted molar refractivity (Wildman–Crippen MR) is 14.3 cm³/mol. The van der Waals surface area contributed by atoms with E-state index in [1.165, 1.54) is 0 Å². The molecule has 0 bridgehead atoms. The molecular weight excluding hydrogens is 245 g/mol. The third-order valence-corrected chi connectivity index (χ3v) is 0. The Labute approximate surface area is 69.6 Å². The van der Waals surface area contributed by atoms with E-state index in [1.54, 1.807) is 0 Å². The third-order valence-electron chi connectivity index (χ3n) is 0. The topological polar surface area (TPSA) is 77.8 Å². The summed E-state index contributed by atoms with van der Waals surface area (Å²) < 4.78 is 8.88. The van der Waals surface area contributed by atoms with E-state index in [4.69, 9.17) is 19.2 Å². The summed E-state index contributed by atoms with van der Waals surface area (Å²) in [6.45, 7) is 0. The van der Waals surface area contributed by atoms with Crippen molar-refractivity contribution in [2.75, 3.05) is 0 Å². The molecular formula is H3NiO4PZr. The first-order chi connectivity index (χ1) is 2.00. The molecule has 0 atom stereocenters. The predicted octanol–water partition coefficient (Wildman–Crippen LogP) is -0.934. The van der Waals surface area contributed by atoms with Gasteiger partial charge in [-0.3, -0.25) is 0 Å². The molecule has 7 heteroatoms. The smallest absolute Gasteiger partial charge is 0.303 e. The summed E-state index contributed by atoms with van der Waals surface area (Å²) in [5.41, 5.74) is 0. The van der Waals surface area contributed by atoms with Gasteiger partial charge in [0.15, 0.2) is 0 Å². The van der Waals surface area contributed by atoms with Crippen molar-refractivity contribution in [2.45, 2.75) is 0 Å². The second-order valence-corrected chi connectivity index (χ2v) is 1.54. The number of hydrogen-bond donors (Lipinski definition) is 3. The Morgan fingerprint density at radius 3 is 1.14 bits per heavy atom. The molecule has 0 saturated carbocycles. The Kier molecular flexibility index (Phi) is 12.7. The van der Waals surface area contributed by atoms with Gasteiger partial charge >= 0.3 is 7.82 Å². The van der Waals surface area contributed by atoms with Crippen LogP contribution in [0.2, 0.25) is 0 Å². The number of phosphoric acid groups is 1. The van der Waals surface area contributed by atoms with Crippen molar-refractivity contribution in [1.29, 1.82) is 0 Å². The van der Waals surface area contributed by atoms with Crippen LogP contribution in [0.25, 0.3) is 0 Å². The van der Waals surface area contributed by atoms with Gasteiger partial charge in [0.1, 0.15) is 0 Å². The summed E-state index contributed by atoms with van der Waals surface area (Å²) >= 11 is 0. The molecule has 0 spiro atoms. The molecule has 0 fully saturated rings. The molecule has 0 aliphatic carbocycles. The molecule has 0 saturated heterocycles. The van der Waals surface area contributed by atoms with Crippen molar-refractivity contribution in [3.05, 3.63) is 0 Å². The second kappa shape index (κ2) is 5.62. The monoisotopic (exact) mass is 246 g/mol. The molecule has 0 radical (unpaired) electrons. The molecule has 4 nitrogen and oxygen atoms in total. The van der Waals surface area contributed by atoms with Gasteiger partial charge in [0.2, 0.25) is 0 Å². The van der Waals surface area contributed by atoms with Crippen molar-refractivity contribution in [1.82, 2.24) is 0 Å². The van der Waals surface area contributed by atoms with E-state index in [-0.39, 0.29) is 42.7 Å². The minimum atomic E-state index is -4.64. The van der Waals surface area contributed by atoms with Crippen LogP contribution in [0.15, 0.2) is 0 Å². The standard InChI is InChI=1S/Ni.H3O4P.Zr/c;1-5(2,3)4;/h;(H3,1,2,3,4);. The normalized spacial score (nSPS) is 8.43. The molecule has 7 heavy (non-hydrogen) atoms. The van der Waals surface area contributed by atoms with Crippen LogP contribution in [0, 0.1) is 0 Å². The maximum absolute atomic E-state index is 8.88. The second-order valence-electron chi connectivity index (χ2n) is 0.513. The van der Waals surface area contributed by atoms with Crippen LogP contribution in [0.1, 0.15) is 0 Å². The Hall–Kier alpha value is 1.49. The summed E-state index contributed by atoms with van der Waals surface area (Å²) in [4.78, 5) is 21.6. The largest absolute Gasteiger partial charge is 0.466 e. The van der Waals surface area contributed by atoms with E-state index in [0.29, 0.717) is 0 Å². The first kappa shape index (κ1) is 15.8. The number of rotatable bonds is 0. The Balaban J connectivity index is -0.0000000800.